The molecule has 120 valence electrons. The normalized spacial score (nSPS) is 17.2. The van der Waals surface area contributed by atoms with Gasteiger partial charge in [0.15, 0.2) is 6.58 Å². The van der Waals surface area contributed by atoms with Gasteiger partial charge in [0.2, 0.25) is 0 Å². The van der Waals surface area contributed by atoms with Gasteiger partial charge < -0.3 is 4.90 Å². The molecule has 0 saturated carbocycles. The highest BCUT2D eigenvalue weighted by Gasteiger charge is 2.17. The van der Waals surface area contributed by atoms with Gasteiger partial charge in [-0.15, -0.1) is 0 Å². The first kappa shape index (κ1) is 16.6. The Kier molecular flexibility index (Phi) is 5.42. The van der Waals surface area contributed by atoms with Crippen molar-refractivity contribution in [1.29, 1.82) is 0 Å². The molecule has 2 aromatic rings. The molecule has 1 unspecified atom stereocenters. The summed E-state index contributed by atoms with van der Waals surface area (Å²) in [6.07, 6.45) is 3.43. The Hall–Kier alpha value is -1.28. The van der Waals surface area contributed by atoms with Gasteiger partial charge >= 0.3 is 0 Å². The molecule has 1 fully saturated rings. The van der Waals surface area contributed by atoms with Crippen LogP contribution >= 0.6 is 6.58 Å². The highest BCUT2D eigenvalue weighted by molar-refractivity contribution is 8.02. The summed E-state index contributed by atoms with van der Waals surface area (Å²) in [5.74, 6) is 0.711. The first-order valence-electron chi connectivity index (χ1n) is 8.12. The van der Waals surface area contributed by atoms with Crippen molar-refractivity contribution in [2.75, 3.05) is 20.1 Å². The molecular weight excluding hydrogens is 321 g/mol. The van der Waals surface area contributed by atoms with Crippen LogP contribution in [0.15, 0.2) is 48.5 Å². The van der Waals surface area contributed by atoms with Crippen LogP contribution in [-0.2, 0) is 22.8 Å². The summed E-state index contributed by atoms with van der Waals surface area (Å²) in [5.41, 5.74) is 4.02. The molecule has 1 saturated heterocycles. The second-order valence-electron chi connectivity index (χ2n) is 6.42. The summed E-state index contributed by atoms with van der Waals surface area (Å²) in [6.45, 7) is 0.744. The van der Waals surface area contributed by atoms with Gasteiger partial charge in [0, 0.05) is 5.30 Å². The van der Waals surface area contributed by atoms with E-state index >= 15 is 0 Å². The van der Waals surface area contributed by atoms with Gasteiger partial charge in [-0.05, 0) is 85.9 Å². The molecule has 23 heavy (non-hydrogen) atoms. The van der Waals surface area contributed by atoms with Crippen molar-refractivity contribution in [3.8, 4) is 0 Å². The first-order chi connectivity index (χ1) is 11.1. The van der Waals surface area contributed by atoms with Crippen molar-refractivity contribution in [1.82, 2.24) is 4.90 Å². The third-order valence-electron chi connectivity index (χ3n) is 4.73. The Morgan fingerprint density at radius 3 is 2.04 bits per heavy atom. The van der Waals surface area contributed by atoms with Crippen LogP contribution in [0.25, 0.3) is 0 Å². The van der Waals surface area contributed by atoms with Gasteiger partial charge in [0.05, 0.1) is 0 Å². The maximum atomic E-state index is 11.3. The van der Waals surface area contributed by atoms with Crippen molar-refractivity contribution in [3.63, 3.8) is 0 Å². The molecule has 0 spiro atoms. The fraction of sp³-hybridized carbons (Fsp3) is 0.368. The molecule has 0 aliphatic carbocycles. The fourth-order valence-electron chi connectivity index (χ4n) is 3.22. The summed E-state index contributed by atoms with van der Waals surface area (Å²) >= 11 is 4.81. The quantitative estimate of drug-likeness (QED) is 0.783. The molecule has 2 aromatic carbocycles. The molecular formula is C19H22NOPS. The smallest absolute Gasteiger partial charge is 0.197 e. The molecule has 0 radical (unpaired) electrons. The van der Waals surface area contributed by atoms with Gasteiger partial charge in [-0.2, -0.15) is 0 Å². The second kappa shape index (κ2) is 7.53. The van der Waals surface area contributed by atoms with E-state index in [1.165, 1.54) is 42.6 Å². The number of benzene rings is 2. The van der Waals surface area contributed by atoms with Gasteiger partial charge in [-0.3, -0.25) is 4.57 Å². The lowest BCUT2D eigenvalue weighted by molar-refractivity contribution is 0.255. The number of nitrogens with zero attached hydrogens (tertiary/aromatic N) is 1. The SMILES string of the molecule is CN1CCC(c2ccc(Cc3ccc(P(=O)=S)cc3)cc2)CC1. The van der Waals surface area contributed by atoms with Crippen LogP contribution < -0.4 is 5.30 Å². The lowest BCUT2D eigenvalue weighted by atomic mass is 9.89. The number of hydrogen-bond acceptors (Lipinski definition) is 3. The van der Waals surface area contributed by atoms with Gasteiger partial charge in [0.1, 0.15) is 0 Å². The number of hydrogen-bond donors (Lipinski definition) is 0. The molecule has 1 heterocycles. The minimum atomic E-state index is -1.65. The van der Waals surface area contributed by atoms with Crippen LogP contribution in [0.4, 0.5) is 0 Å². The largest absolute Gasteiger partial charge is 0.306 e. The molecule has 1 aliphatic heterocycles. The predicted molar refractivity (Wildman–Crippen MR) is 99.8 cm³/mol. The maximum absolute atomic E-state index is 11.3. The van der Waals surface area contributed by atoms with E-state index in [2.05, 4.69) is 36.2 Å². The van der Waals surface area contributed by atoms with E-state index < -0.39 is 6.58 Å². The summed E-state index contributed by atoms with van der Waals surface area (Å²) in [7, 11) is 2.20. The van der Waals surface area contributed by atoms with E-state index in [1.807, 2.05) is 24.3 Å². The molecule has 4 heteroatoms. The first-order valence-corrected chi connectivity index (χ1v) is 10.4. The van der Waals surface area contributed by atoms with Crippen molar-refractivity contribution < 1.29 is 4.57 Å². The molecule has 2 nitrogen and oxygen atoms in total. The Morgan fingerprint density at radius 1 is 1.00 bits per heavy atom. The molecule has 0 amide bonds. The zero-order chi connectivity index (χ0) is 16.2. The summed E-state index contributed by atoms with van der Waals surface area (Å²) < 4.78 is 11.3. The second-order valence-corrected chi connectivity index (χ2v) is 8.45. The molecule has 0 N–H and O–H groups in total. The van der Waals surface area contributed by atoms with E-state index in [0.717, 1.165) is 11.7 Å². The van der Waals surface area contributed by atoms with Crippen molar-refractivity contribution in [2.24, 2.45) is 0 Å². The lowest BCUT2D eigenvalue weighted by Gasteiger charge is -2.29. The third-order valence-corrected chi connectivity index (χ3v) is 6.08. The molecule has 3 rings (SSSR count). The zero-order valence-corrected chi connectivity index (χ0v) is 15.2. The van der Waals surface area contributed by atoms with Crippen LogP contribution in [-0.4, -0.2) is 25.0 Å². The van der Waals surface area contributed by atoms with Crippen molar-refractivity contribution >= 4 is 23.7 Å². The number of likely N-dealkylation sites (tertiary alicyclic amines) is 1. The van der Waals surface area contributed by atoms with E-state index in [9.17, 15) is 4.57 Å². The highest BCUT2D eigenvalue weighted by atomic mass is 32.4. The Bertz CT molecular complexity index is 706. The summed E-state index contributed by atoms with van der Waals surface area (Å²) in [5, 5.41) is 0.747. The number of piperidine rings is 1. The van der Waals surface area contributed by atoms with Crippen LogP contribution in [0.1, 0.15) is 35.4 Å². The predicted octanol–water partition coefficient (Wildman–Crippen LogP) is 4.00. The van der Waals surface area contributed by atoms with Gasteiger partial charge in [-0.1, -0.05) is 36.4 Å². The van der Waals surface area contributed by atoms with Crippen LogP contribution in [0.5, 0.6) is 0 Å². The van der Waals surface area contributed by atoms with E-state index in [0.29, 0.717) is 5.92 Å². The number of rotatable bonds is 4. The summed E-state index contributed by atoms with van der Waals surface area (Å²) in [6, 6.07) is 16.9. The lowest BCUT2D eigenvalue weighted by Crippen LogP contribution is -2.29. The van der Waals surface area contributed by atoms with Crippen LogP contribution in [0.2, 0.25) is 0 Å². The standard InChI is InChI=1S/C19H22NOPS/c1-20-12-10-18(11-13-20)17-6-2-15(3-7-17)14-16-4-8-19(9-5-16)22(21)23/h2-9,18H,10-14H2,1H3. The third kappa shape index (κ3) is 4.38. The van der Waals surface area contributed by atoms with Crippen LogP contribution in [0, 0.1) is 0 Å². The zero-order valence-electron chi connectivity index (χ0n) is 13.4. The Morgan fingerprint density at radius 2 is 1.52 bits per heavy atom. The Labute approximate surface area is 144 Å². The minimum Gasteiger partial charge on any atom is -0.306 e. The monoisotopic (exact) mass is 343 g/mol. The molecule has 0 bridgehead atoms. The molecule has 1 aliphatic rings. The average molecular weight is 343 g/mol. The van der Waals surface area contributed by atoms with Crippen molar-refractivity contribution in [2.45, 2.75) is 25.2 Å². The van der Waals surface area contributed by atoms with Crippen molar-refractivity contribution in [3.05, 3.63) is 65.2 Å². The van der Waals surface area contributed by atoms with E-state index in [-0.39, 0.29) is 0 Å². The summed E-state index contributed by atoms with van der Waals surface area (Å²) in [4.78, 5) is 2.41. The highest BCUT2D eigenvalue weighted by Crippen LogP contribution is 2.27. The van der Waals surface area contributed by atoms with E-state index in [4.69, 9.17) is 11.8 Å². The van der Waals surface area contributed by atoms with Gasteiger partial charge in [-0.25, -0.2) is 0 Å². The Balaban J connectivity index is 1.65. The molecule has 1 atom stereocenters. The van der Waals surface area contributed by atoms with E-state index in [1.54, 1.807) is 0 Å². The topological polar surface area (TPSA) is 20.3 Å². The van der Waals surface area contributed by atoms with Gasteiger partial charge in [0.25, 0.3) is 0 Å². The minimum absolute atomic E-state index is 0.711. The van der Waals surface area contributed by atoms with Crippen LogP contribution in [0.3, 0.4) is 0 Å². The molecule has 0 aromatic heterocycles. The maximum Gasteiger partial charge on any atom is 0.197 e. The average Bonchev–Trinajstić information content (AvgIpc) is 2.57. The fourth-order valence-corrected chi connectivity index (χ4v) is 3.98.